The molecule has 1 heterocycles. The van der Waals surface area contributed by atoms with Gasteiger partial charge in [-0.05, 0) is 47.7 Å². The lowest BCUT2D eigenvalue weighted by molar-refractivity contribution is -0.121. The van der Waals surface area contributed by atoms with Gasteiger partial charge in [-0.25, -0.2) is 4.99 Å². The van der Waals surface area contributed by atoms with E-state index in [4.69, 9.17) is 27.5 Å². The first kappa shape index (κ1) is 19.9. The molecular formula is C21H17ClN2O3S. The number of hydrogen-bond acceptors (Lipinski definition) is 5. The Morgan fingerprint density at radius 3 is 2.75 bits per heavy atom. The maximum absolute atomic E-state index is 12.6. The van der Waals surface area contributed by atoms with E-state index in [1.165, 1.54) is 23.8 Å². The summed E-state index contributed by atoms with van der Waals surface area (Å²) in [5.41, 5.74) is 1.49. The lowest BCUT2D eigenvalue weighted by atomic mass is 10.2. The van der Waals surface area contributed by atoms with Crippen LogP contribution in [0.3, 0.4) is 0 Å². The third kappa shape index (κ3) is 4.33. The first-order valence-electron chi connectivity index (χ1n) is 8.28. The summed E-state index contributed by atoms with van der Waals surface area (Å²) < 4.78 is 10.8. The molecule has 1 amide bonds. The van der Waals surface area contributed by atoms with Crippen LogP contribution in [0.4, 0.5) is 5.69 Å². The van der Waals surface area contributed by atoms with Gasteiger partial charge < -0.3 is 9.47 Å². The van der Waals surface area contributed by atoms with Crippen molar-refractivity contribution in [3.8, 4) is 23.8 Å². The van der Waals surface area contributed by atoms with Crippen LogP contribution in [0.2, 0.25) is 5.02 Å². The molecule has 2 aromatic carbocycles. The number of halogens is 1. The average molecular weight is 413 g/mol. The number of rotatable bonds is 5. The summed E-state index contributed by atoms with van der Waals surface area (Å²) in [7, 11) is 3.21. The molecule has 0 aromatic heterocycles. The minimum Gasteiger partial charge on any atom is -0.493 e. The van der Waals surface area contributed by atoms with Gasteiger partial charge in [0.05, 0.1) is 22.7 Å². The third-order valence-electron chi connectivity index (χ3n) is 3.83. The SMILES string of the molecule is C#CCOc1c(Cl)cc(/C=C2/SC(=Nc3ccccc3)N(C)C2=O)cc1OC. The zero-order chi connectivity index (χ0) is 20.1. The normalized spacial score (nSPS) is 16.5. The molecule has 28 heavy (non-hydrogen) atoms. The van der Waals surface area contributed by atoms with E-state index in [0.717, 1.165) is 5.69 Å². The molecule has 0 atom stereocenters. The fourth-order valence-electron chi connectivity index (χ4n) is 2.49. The van der Waals surface area contributed by atoms with Gasteiger partial charge in [0.1, 0.15) is 6.61 Å². The molecule has 5 nitrogen and oxygen atoms in total. The monoisotopic (exact) mass is 412 g/mol. The highest BCUT2D eigenvalue weighted by atomic mass is 35.5. The Balaban J connectivity index is 1.91. The number of aliphatic imine (C=N–C) groups is 1. The van der Waals surface area contributed by atoms with Crippen molar-refractivity contribution in [1.82, 2.24) is 4.90 Å². The van der Waals surface area contributed by atoms with Gasteiger partial charge in [0.2, 0.25) is 0 Å². The predicted molar refractivity (Wildman–Crippen MR) is 114 cm³/mol. The highest BCUT2D eigenvalue weighted by molar-refractivity contribution is 8.18. The fraction of sp³-hybridized carbons (Fsp3) is 0.143. The van der Waals surface area contributed by atoms with Crippen LogP contribution in [-0.2, 0) is 4.79 Å². The number of methoxy groups -OCH3 is 1. The van der Waals surface area contributed by atoms with Crippen molar-refractivity contribution in [2.75, 3.05) is 20.8 Å². The Morgan fingerprint density at radius 1 is 1.32 bits per heavy atom. The first-order valence-corrected chi connectivity index (χ1v) is 9.48. The van der Waals surface area contributed by atoms with E-state index in [1.807, 2.05) is 30.3 Å². The van der Waals surface area contributed by atoms with Gasteiger partial charge in [-0.3, -0.25) is 9.69 Å². The highest BCUT2D eigenvalue weighted by Gasteiger charge is 2.30. The molecule has 7 heteroatoms. The molecule has 1 saturated heterocycles. The summed E-state index contributed by atoms with van der Waals surface area (Å²) in [6, 6.07) is 12.9. The van der Waals surface area contributed by atoms with Crippen LogP contribution in [0.25, 0.3) is 6.08 Å². The van der Waals surface area contributed by atoms with Crippen LogP contribution in [0.1, 0.15) is 5.56 Å². The second-order valence-corrected chi connectivity index (χ2v) is 7.15. The topological polar surface area (TPSA) is 51.1 Å². The van der Waals surface area contributed by atoms with Gasteiger partial charge in [-0.1, -0.05) is 35.7 Å². The number of hydrogen-bond donors (Lipinski definition) is 0. The number of ether oxygens (including phenoxy) is 2. The van der Waals surface area contributed by atoms with Crippen molar-refractivity contribution in [3.63, 3.8) is 0 Å². The number of amides is 1. The number of terminal acetylenes is 1. The minimum absolute atomic E-state index is 0.0783. The Labute approximate surface area is 173 Å². The van der Waals surface area contributed by atoms with Crippen molar-refractivity contribution in [2.45, 2.75) is 0 Å². The van der Waals surface area contributed by atoms with E-state index in [0.29, 0.717) is 32.2 Å². The second kappa shape index (κ2) is 8.87. The van der Waals surface area contributed by atoms with Crippen molar-refractivity contribution in [3.05, 3.63) is 58.0 Å². The molecule has 1 aliphatic heterocycles. The van der Waals surface area contributed by atoms with E-state index in [-0.39, 0.29) is 12.5 Å². The molecule has 0 saturated carbocycles. The maximum atomic E-state index is 12.6. The summed E-state index contributed by atoms with van der Waals surface area (Å²) in [4.78, 5) is 19.2. The first-order chi connectivity index (χ1) is 13.5. The largest absolute Gasteiger partial charge is 0.493 e. The van der Waals surface area contributed by atoms with Gasteiger partial charge in [-0.15, -0.1) is 6.42 Å². The number of nitrogens with zero attached hydrogens (tertiary/aromatic N) is 2. The lowest BCUT2D eigenvalue weighted by Gasteiger charge is -2.11. The summed E-state index contributed by atoms with van der Waals surface area (Å²) >= 11 is 7.61. The Morgan fingerprint density at radius 2 is 2.07 bits per heavy atom. The molecule has 1 aliphatic rings. The van der Waals surface area contributed by atoms with Crippen LogP contribution in [0.15, 0.2) is 52.4 Å². The molecule has 142 valence electrons. The van der Waals surface area contributed by atoms with Crippen LogP contribution in [0, 0.1) is 12.3 Å². The zero-order valence-electron chi connectivity index (χ0n) is 15.3. The van der Waals surface area contributed by atoms with E-state index in [9.17, 15) is 4.79 Å². The van der Waals surface area contributed by atoms with Crippen molar-refractivity contribution in [1.29, 1.82) is 0 Å². The summed E-state index contributed by atoms with van der Waals surface area (Å²) in [5.74, 6) is 3.07. The fourth-order valence-corrected chi connectivity index (χ4v) is 3.75. The number of likely N-dealkylation sites (N-methyl/N-ethyl adjacent to an activating group) is 1. The van der Waals surface area contributed by atoms with Gasteiger partial charge in [0.15, 0.2) is 16.7 Å². The summed E-state index contributed by atoms with van der Waals surface area (Å²) in [5, 5.41) is 0.956. The van der Waals surface area contributed by atoms with Crippen molar-refractivity contribution >= 4 is 46.2 Å². The predicted octanol–water partition coefficient (Wildman–Crippen LogP) is 4.59. The Kier molecular flexibility index (Phi) is 6.30. The number of amidine groups is 1. The van der Waals surface area contributed by atoms with Gasteiger partial charge in [0.25, 0.3) is 5.91 Å². The Hall–Kier alpha value is -2.88. The number of para-hydroxylation sites is 1. The maximum Gasteiger partial charge on any atom is 0.266 e. The minimum atomic E-state index is -0.137. The molecule has 0 aliphatic carbocycles. The average Bonchev–Trinajstić information content (AvgIpc) is 2.95. The molecule has 0 unspecified atom stereocenters. The summed E-state index contributed by atoms with van der Waals surface area (Å²) in [6.45, 7) is 0.0783. The second-order valence-electron chi connectivity index (χ2n) is 5.73. The van der Waals surface area contributed by atoms with Crippen LogP contribution < -0.4 is 9.47 Å². The quantitative estimate of drug-likeness (QED) is 0.532. The van der Waals surface area contributed by atoms with Crippen LogP contribution in [0.5, 0.6) is 11.5 Å². The van der Waals surface area contributed by atoms with Gasteiger partial charge in [-0.2, -0.15) is 0 Å². The van der Waals surface area contributed by atoms with Gasteiger partial charge in [0, 0.05) is 7.05 Å². The molecule has 1 fully saturated rings. The Bertz CT molecular complexity index is 997. The van der Waals surface area contributed by atoms with Crippen LogP contribution >= 0.6 is 23.4 Å². The lowest BCUT2D eigenvalue weighted by Crippen LogP contribution is -2.23. The van der Waals surface area contributed by atoms with Crippen molar-refractivity contribution in [2.24, 2.45) is 4.99 Å². The van der Waals surface area contributed by atoms with E-state index >= 15 is 0 Å². The van der Waals surface area contributed by atoms with E-state index in [1.54, 1.807) is 25.3 Å². The van der Waals surface area contributed by atoms with Crippen LogP contribution in [-0.4, -0.2) is 36.7 Å². The smallest absolute Gasteiger partial charge is 0.266 e. The number of carbonyl (C=O) groups is 1. The number of thioether (sulfide) groups is 1. The standard InChI is InChI=1S/C21H17ClN2O3S/c1-4-10-27-19-16(22)11-14(12-17(19)26-3)13-18-20(25)24(2)21(28-18)23-15-8-6-5-7-9-15/h1,5-9,11-13H,10H2,2-3H3/b18-13+,23-21?. The van der Waals surface area contributed by atoms with E-state index in [2.05, 4.69) is 10.9 Å². The zero-order valence-corrected chi connectivity index (χ0v) is 16.9. The molecule has 0 N–H and O–H groups in total. The number of benzene rings is 2. The van der Waals surface area contributed by atoms with Gasteiger partial charge >= 0.3 is 0 Å². The summed E-state index contributed by atoms with van der Waals surface area (Å²) in [6.07, 6.45) is 6.98. The molecule has 0 radical (unpaired) electrons. The highest BCUT2D eigenvalue weighted by Crippen LogP contribution is 2.39. The van der Waals surface area contributed by atoms with E-state index < -0.39 is 0 Å². The molecule has 3 rings (SSSR count). The number of carbonyl (C=O) groups excluding carboxylic acids is 1. The third-order valence-corrected chi connectivity index (χ3v) is 5.17. The molecule has 0 spiro atoms. The molecular weight excluding hydrogens is 396 g/mol. The molecule has 0 bridgehead atoms. The molecule has 2 aromatic rings. The van der Waals surface area contributed by atoms with Crippen molar-refractivity contribution < 1.29 is 14.3 Å².